The zero-order chi connectivity index (χ0) is 37.1. The summed E-state index contributed by atoms with van der Waals surface area (Å²) in [6.07, 6.45) is -5.05. The smallest absolute Gasteiger partial charge is 0.337 e. The Kier molecular flexibility index (Phi) is 13.9. The number of carbonyl (C=O) groups excluding carboxylic acids is 3. The van der Waals surface area contributed by atoms with Crippen LogP contribution in [0.25, 0.3) is 6.08 Å². The van der Waals surface area contributed by atoms with Gasteiger partial charge in [-0.15, -0.1) is 0 Å². The summed E-state index contributed by atoms with van der Waals surface area (Å²) in [4.78, 5) is 38.5. The monoisotopic (exact) mass is 716 g/mol. The Labute approximate surface area is 292 Å². The molecule has 4 rings (SSSR count). The number of esters is 3. The molecule has 2 aliphatic heterocycles. The van der Waals surface area contributed by atoms with E-state index in [0.717, 1.165) is 25.0 Å². The van der Waals surface area contributed by atoms with Crippen LogP contribution in [-0.4, -0.2) is 120 Å². The van der Waals surface area contributed by atoms with Gasteiger partial charge in [0.1, 0.15) is 36.8 Å². The van der Waals surface area contributed by atoms with E-state index in [-0.39, 0.29) is 35.0 Å². The molecular formula is C35H40O16. The number of phenolic OH excluding ortho intramolecular Hbond substituents is 2. The van der Waals surface area contributed by atoms with Gasteiger partial charge in [0, 0.05) is 24.0 Å². The molecular weight excluding hydrogens is 676 g/mol. The molecule has 16 heteroatoms. The molecule has 0 saturated carbocycles. The number of hydrogen-bond acceptors (Lipinski definition) is 16. The Balaban J connectivity index is 1.56. The summed E-state index contributed by atoms with van der Waals surface area (Å²) in [5.41, 5.74) is 1.23. The van der Waals surface area contributed by atoms with Crippen molar-refractivity contribution in [2.45, 2.75) is 49.8 Å². The van der Waals surface area contributed by atoms with Gasteiger partial charge in [-0.1, -0.05) is 18.2 Å². The van der Waals surface area contributed by atoms with Gasteiger partial charge in [-0.05, 0) is 47.5 Å². The number of aliphatic hydroxyl groups excluding tert-OH is 4. The van der Waals surface area contributed by atoms with Crippen LogP contribution in [0.5, 0.6) is 17.2 Å². The maximum absolute atomic E-state index is 13.1. The van der Waals surface area contributed by atoms with Crippen molar-refractivity contribution >= 4 is 24.0 Å². The van der Waals surface area contributed by atoms with Gasteiger partial charge in [-0.3, -0.25) is 4.79 Å². The molecule has 0 bridgehead atoms. The van der Waals surface area contributed by atoms with Crippen molar-refractivity contribution in [2.24, 2.45) is 5.92 Å². The number of aliphatic hydroxyl groups is 4. The van der Waals surface area contributed by atoms with Crippen molar-refractivity contribution in [3.05, 3.63) is 83.2 Å². The van der Waals surface area contributed by atoms with E-state index in [1.54, 1.807) is 18.2 Å². The summed E-state index contributed by atoms with van der Waals surface area (Å²) < 4.78 is 37.6. The summed E-state index contributed by atoms with van der Waals surface area (Å²) >= 11 is 0. The van der Waals surface area contributed by atoms with Crippen LogP contribution in [0.1, 0.15) is 17.5 Å². The Morgan fingerprint density at radius 2 is 1.69 bits per heavy atom. The van der Waals surface area contributed by atoms with Gasteiger partial charge in [0.25, 0.3) is 0 Å². The molecule has 276 valence electrons. The molecule has 7 unspecified atom stereocenters. The summed E-state index contributed by atoms with van der Waals surface area (Å²) in [5, 5.41) is 60.0. The normalized spacial score (nSPS) is 25.5. The van der Waals surface area contributed by atoms with E-state index in [1.807, 2.05) is 0 Å². The lowest BCUT2D eigenvalue weighted by Crippen LogP contribution is -2.60. The van der Waals surface area contributed by atoms with Gasteiger partial charge in [-0.2, -0.15) is 0 Å². The Bertz CT molecular complexity index is 1600. The molecule has 2 heterocycles. The SMILES string of the molecule is COC(=O)C1=COC(OC2OC(CO)C(O)C(O)C2O)C(=CCOC(=O)C=Cc2ccc(O)c(OC)c2)C1CC(=O)OCCc1ccc(O)cc1. The van der Waals surface area contributed by atoms with Crippen LogP contribution in [0.15, 0.2) is 72.0 Å². The van der Waals surface area contributed by atoms with Gasteiger partial charge in [0.2, 0.25) is 6.29 Å². The average Bonchev–Trinajstić information content (AvgIpc) is 3.12. The number of phenols is 2. The van der Waals surface area contributed by atoms with Crippen LogP contribution in [0, 0.1) is 5.92 Å². The second-order valence-electron chi connectivity index (χ2n) is 11.4. The Morgan fingerprint density at radius 1 is 0.941 bits per heavy atom. The highest BCUT2D eigenvalue weighted by Crippen LogP contribution is 2.36. The van der Waals surface area contributed by atoms with E-state index in [0.29, 0.717) is 12.0 Å². The fourth-order valence-electron chi connectivity index (χ4n) is 5.23. The lowest BCUT2D eigenvalue weighted by molar-refractivity contribution is -0.327. The molecule has 7 atom stereocenters. The van der Waals surface area contributed by atoms with Gasteiger partial charge in [0.15, 0.2) is 17.8 Å². The average molecular weight is 717 g/mol. The van der Waals surface area contributed by atoms with Crippen LogP contribution >= 0.6 is 0 Å². The molecule has 2 aromatic rings. The first kappa shape index (κ1) is 38.8. The first-order chi connectivity index (χ1) is 24.4. The molecule has 1 fully saturated rings. The van der Waals surface area contributed by atoms with E-state index in [2.05, 4.69) is 0 Å². The Hall–Kier alpha value is -4.97. The number of aromatic hydroxyl groups is 2. The predicted molar refractivity (Wildman–Crippen MR) is 173 cm³/mol. The number of hydrogen-bond donors (Lipinski definition) is 6. The van der Waals surface area contributed by atoms with Gasteiger partial charge in [0.05, 0.1) is 45.7 Å². The first-order valence-corrected chi connectivity index (χ1v) is 15.7. The third-order valence-corrected chi connectivity index (χ3v) is 8.02. The van der Waals surface area contributed by atoms with Crippen molar-refractivity contribution in [3.8, 4) is 17.2 Å². The van der Waals surface area contributed by atoms with Gasteiger partial charge in [-0.25, -0.2) is 9.59 Å². The number of rotatable bonds is 14. The quantitative estimate of drug-likeness (QED) is 0.0680. The highest BCUT2D eigenvalue weighted by Gasteiger charge is 2.47. The standard InChI is InChI=1S/C35H40O16/c1-45-26-15-20(5-9-25(26)38)6-10-28(39)47-14-12-22-23(16-29(40)48-13-11-19-3-7-21(37)8-4-19)24(33(44)46-2)18-49-34(22)51-35-32(43)31(42)30(41)27(17-36)50-35/h3-10,12,15,18,23,27,30-32,34-38,41-43H,11,13-14,16-17H2,1-2H3. The molecule has 2 aliphatic rings. The molecule has 1 saturated heterocycles. The second-order valence-corrected chi connectivity index (χ2v) is 11.4. The Morgan fingerprint density at radius 3 is 2.37 bits per heavy atom. The zero-order valence-corrected chi connectivity index (χ0v) is 27.7. The second kappa shape index (κ2) is 18.3. The van der Waals surface area contributed by atoms with Crippen LogP contribution in [0.3, 0.4) is 0 Å². The molecule has 0 aliphatic carbocycles. The van der Waals surface area contributed by atoms with Crippen molar-refractivity contribution < 1.29 is 78.2 Å². The topological polar surface area (TPSA) is 237 Å². The largest absolute Gasteiger partial charge is 0.508 e. The van der Waals surface area contributed by atoms with Crippen LogP contribution < -0.4 is 4.74 Å². The van der Waals surface area contributed by atoms with Crippen molar-refractivity contribution in [2.75, 3.05) is 34.0 Å². The molecule has 6 N–H and O–H groups in total. The lowest BCUT2D eigenvalue weighted by Gasteiger charge is -2.42. The maximum Gasteiger partial charge on any atom is 0.337 e. The van der Waals surface area contributed by atoms with Gasteiger partial charge >= 0.3 is 17.9 Å². The third-order valence-electron chi connectivity index (χ3n) is 8.02. The van der Waals surface area contributed by atoms with Gasteiger partial charge < -0.3 is 63.8 Å². The highest BCUT2D eigenvalue weighted by atomic mass is 16.8. The van der Waals surface area contributed by atoms with Crippen molar-refractivity contribution in [1.82, 2.24) is 0 Å². The summed E-state index contributed by atoms with van der Waals surface area (Å²) in [7, 11) is 2.49. The van der Waals surface area contributed by atoms with E-state index in [1.165, 1.54) is 43.5 Å². The van der Waals surface area contributed by atoms with E-state index < -0.39 is 80.5 Å². The molecule has 0 amide bonds. The first-order valence-electron chi connectivity index (χ1n) is 15.7. The minimum atomic E-state index is -1.82. The highest BCUT2D eigenvalue weighted by molar-refractivity contribution is 5.91. The molecule has 0 aromatic heterocycles. The predicted octanol–water partition coefficient (Wildman–Crippen LogP) is 0.611. The van der Waals surface area contributed by atoms with Crippen LogP contribution in [-0.2, 0) is 49.2 Å². The fraction of sp³-hybridized carbons (Fsp3) is 0.400. The summed E-state index contributed by atoms with van der Waals surface area (Å²) in [6.45, 7) is -1.20. The van der Waals surface area contributed by atoms with Crippen LogP contribution in [0.2, 0.25) is 0 Å². The lowest BCUT2D eigenvalue weighted by atomic mass is 9.86. The summed E-state index contributed by atoms with van der Waals surface area (Å²) in [6, 6.07) is 10.7. The zero-order valence-electron chi connectivity index (χ0n) is 27.7. The fourth-order valence-corrected chi connectivity index (χ4v) is 5.23. The van der Waals surface area contributed by atoms with E-state index in [4.69, 9.17) is 33.2 Å². The van der Waals surface area contributed by atoms with E-state index >= 15 is 0 Å². The molecule has 0 spiro atoms. The third kappa shape index (κ3) is 10.3. The number of benzene rings is 2. The minimum Gasteiger partial charge on any atom is -0.508 e. The number of ether oxygens (including phenoxy) is 7. The number of methoxy groups -OCH3 is 2. The molecule has 0 radical (unpaired) electrons. The molecule has 16 nitrogen and oxygen atoms in total. The number of carbonyl (C=O) groups is 3. The maximum atomic E-state index is 13.1. The van der Waals surface area contributed by atoms with Crippen LogP contribution in [0.4, 0.5) is 0 Å². The summed E-state index contributed by atoms with van der Waals surface area (Å²) in [5.74, 6) is -3.35. The molecule has 51 heavy (non-hydrogen) atoms. The van der Waals surface area contributed by atoms with Crippen molar-refractivity contribution in [3.63, 3.8) is 0 Å². The van der Waals surface area contributed by atoms with E-state index in [9.17, 15) is 45.0 Å². The molecule has 2 aromatic carbocycles. The minimum absolute atomic E-state index is 0.0369. The van der Waals surface area contributed by atoms with Crippen molar-refractivity contribution in [1.29, 1.82) is 0 Å².